The van der Waals surface area contributed by atoms with E-state index in [0.29, 0.717) is 33.8 Å². The molecule has 0 radical (unpaired) electrons. The molecule has 0 bridgehead atoms. The number of furan rings is 1. The van der Waals surface area contributed by atoms with Crippen LogP contribution >= 0.6 is 11.6 Å². The molecule has 8 heteroatoms. The second kappa shape index (κ2) is 6.49. The normalized spacial score (nSPS) is 15.0. The molecular formula is C19H18ClFN4O2. The third kappa shape index (κ3) is 3.35. The van der Waals surface area contributed by atoms with Crippen LogP contribution in [0.3, 0.4) is 0 Å². The van der Waals surface area contributed by atoms with Crippen LogP contribution in [0.2, 0.25) is 5.02 Å². The maximum Gasteiger partial charge on any atom is 0.255 e. The van der Waals surface area contributed by atoms with Crippen LogP contribution in [-0.4, -0.2) is 21.4 Å². The molecule has 27 heavy (non-hydrogen) atoms. The fourth-order valence-corrected chi connectivity index (χ4v) is 3.15. The molecule has 2 heterocycles. The largest absolute Gasteiger partial charge is 0.442 e. The number of hydrogen-bond acceptors (Lipinski definition) is 5. The van der Waals surface area contributed by atoms with E-state index in [0.717, 1.165) is 12.8 Å². The fourth-order valence-electron chi connectivity index (χ4n) is 2.96. The molecule has 1 aliphatic carbocycles. The van der Waals surface area contributed by atoms with Crippen LogP contribution in [0.1, 0.15) is 41.4 Å². The first-order chi connectivity index (χ1) is 12.9. The van der Waals surface area contributed by atoms with Crippen molar-refractivity contribution in [3.05, 3.63) is 52.3 Å². The molecule has 3 aromatic rings. The summed E-state index contributed by atoms with van der Waals surface area (Å²) >= 11 is 5.79. The minimum absolute atomic E-state index is 0.00546. The number of aromatic nitrogens is 2. The predicted octanol–water partition coefficient (Wildman–Crippen LogP) is 4.22. The van der Waals surface area contributed by atoms with Crippen LogP contribution in [-0.2, 0) is 6.54 Å². The second-order valence-electron chi connectivity index (χ2n) is 7.02. The highest BCUT2D eigenvalue weighted by molar-refractivity contribution is 6.30. The average molecular weight is 389 g/mol. The standard InChI is InChI=1S/C19H18ClFN4O2/c1-10-13(17(26)22-8-11-4-3-5-12(20)15(11)21)14-16(25-19(2)6-7-19)23-9-24-18(14)27-10/h3-5,9H,6-8H2,1-2H3,(H,22,26)(H,23,24,25). The lowest BCUT2D eigenvalue weighted by atomic mass is 10.1. The van der Waals surface area contributed by atoms with E-state index in [4.69, 9.17) is 16.0 Å². The van der Waals surface area contributed by atoms with Crippen molar-refractivity contribution < 1.29 is 13.6 Å². The van der Waals surface area contributed by atoms with Crippen molar-refractivity contribution >= 4 is 34.4 Å². The van der Waals surface area contributed by atoms with E-state index in [9.17, 15) is 9.18 Å². The highest BCUT2D eigenvalue weighted by atomic mass is 35.5. The summed E-state index contributed by atoms with van der Waals surface area (Å²) in [6.45, 7) is 3.79. The van der Waals surface area contributed by atoms with Crippen molar-refractivity contribution in [1.82, 2.24) is 15.3 Å². The number of carbonyl (C=O) groups excluding carboxylic acids is 1. The summed E-state index contributed by atoms with van der Waals surface area (Å²) in [5.41, 5.74) is 0.971. The zero-order valence-corrected chi connectivity index (χ0v) is 15.7. The monoisotopic (exact) mass is 388 g/mol. The van der Waals surface area contributed by atoms with Gasteiger partial charge in [-0.05, 0) is 32.8 Å². The Bertz CT molecular complexity index is 1050. The number of amides is 1. The van der Waals surface area contributed by atoms with Gasteiger partial charge in [-0.3, -0.25) is 4.79 Å². The van der Waals surface area contributed by atoms with E-state index >= 15 is 0 Å². The quantitative estimate of drug-likeness (QED) is 0.684. The Balaban J connectivity index is 1.65. The molecule has 1 aromatic carbocycles. The smallest absolute Gasteiger partial charge is 0.255 e. The number of rotatable bonds is 5. The number of nitrogens with zero attached hydrogens (tertiary/aromatic N) is 2. The molecule has 4 rings (SSSR count). The maximum atomic E-state index is 14.1. The first kappa shape index (κ1) is 17.7. The third-order valence-electron chi connectivity index (χ3n) is 4.78. The van der Waals surface area contributed by atoms with Gasteiger partial charge in [0.1, 0.15) is 23.7 Å². The van der Waals surface area contributed by atoms with Crippen LogP contribution in [0.4, 0.5) is 10.2 Å². The molecule has 0 saturated heterocycles. The van der Waals surface area contributed by atoms with Gasteiger partial charge in [0.15, 0.2) is 0 Å². The van der Waals surface area contributed by atoms with Gasteiger partial charge in [-0.2, -0.15) is 0 Å². The lowest BCUT2D eigenvalue weighted by Gasteiger charge is -2.13. The molecule has 0 unspecified atom stereocenters. The van der Waals surface area contributed by atoms with E-state index < -0.39 is 5.82 Å². The number of nitrogens with one attached hydrogen (secondary N) is 2. The molecule has 0 atom stereocenters. The Hall–Kier alpha value is -2.67. The van der Waals surface area contributed by atoms with E-state index in [2.05, 4.69) is 27.5 Å². The summed E-state index contributed by atoms with van der Waals surface area (Å²) < 4.78 is 19.7. The van der Waals surface area contributed by atoms with Gasteiger partial charge in [0.05, 0.1) is 16.0 Å². The zero-order chi connectivity index (χ0) is 19.2. The molecule has 0 spiro atoms. The summed E-state index contributed by atoms with van der Waals surface area (Å²) in [5.74, 6) is 0.0690. The van der Waals surface area contributed by atoms with Gasteiger partial charge in [-0.15, -0.1) is 0 Å². The number of hydrogen-bond donors (Lipinski definition) is 2. The van der Waals surface area contributed by atoms with Gasteiger partial charge >= 0.3 is 0 Å². The summed E-state index contributed by atoms with van der Waals surface area (Å²) in [6, 6.07) is 4.67. The first-order valence-electron chi connectivity index (χ1n) is 8.61. The van der Waals surface area contributed by atoms with Crippen LogP contribution in [0.5, 0.6) is 0 Å². The van der Waals surface area contributed by atoms with E-state index in [1.807, 2.05) is 0 Å². The Morgan fingerprint density at radius 3 is 2.89 bits per heavy atom. The Labute approximate surface area is 160 Å². The second-order valence-corrected chi connectivity index (χ2v) is 7.42. The number of aryl methyl sites for hydroxylation is 1. The maximum absolute atomic E-state index is 14.1. The molecule has 2 N–H and O–H groups in total. The van der Waals surface area contributed by atoms with Crippen molar-refractivity contribution in [3.8, 4) is 0 Å². The topological polar surface area (TPSA) is 80.1 Å². The summed E-state index contributed by atoms with van der Waals surface area (Å²) in [5, 5.41) is 6.65. The minimum atomic E-state index is -0.541. The number of anilines is 1. The Morgan fingerprint density at radius 2 is 2.15 bits per heavy atom. The lowest BCUT2D eigenvalue weighted by Crippen LogP contribution is -2.24. The van der Waals surface area contributed by atoms with Crippen molar-refractivity contribution in [2.45, 2.75) is 38.8 Å². The van der Waals surface area contributed by atoms with Crippen molar-refractivity contribution in [3.63, 3.8) is 0 Å². The zero-order valence-electron chi connectivity index (χ0n) is 14.9. The average Bonchev–Trinajstić information content (AvgIpc) is 3.24. The van der Waals surface area contributed by atoms with Crippen molar-refractivity contribution in [2.75, 3.05) is 5.32 Å². The molecule has 1 aliphatic rings. The molecule has 1 fully saturated rings. The molecule has 1 amide bonds. The van der Waals surface area contributed by atoms with Gasteiger partial charge in [-0.25, -0.2) is 14.4 Å². The van der Waals surface area contributed by atoms with Crippen LogP contribution in [0, 0.1) is 12.7 Å². The number of fused-ring (bicyclic) bond motifs is 1. The fraction of sp³-hybridized carbons (Fsp3) is 0.316. The first-order valence-corrected chi connectivity index (χ1v) is 8.99. The third-order valence-corrected chi connectivity index (χ3v) is 5.07. The molecule has 6 nitrogen and oxygen atoms in total. The van der Waals surface area contributed by atoms with E-state index in [1.54, 1.807) is 19.1 Å². The number of benzene rings is 1. The van der Waals surface area contributed by atoms with E-state index in [1.165, 1.54) is 12.4 Å². The Kier molecular flexibility index (Phi) is 4.26. The SMILES string of the molecule is Cc1oc2ncnc(NC3(C)CC3)c2c1C(=O)NCc1cccc(Cl)c1F. The van der Waals surface area contributed by atoms with Gasteiger partial charge in [0, 0.05) is 17.6 Å². The van der Waals surface area contributed by atoms with Crippen LogP contribution in [0.25, 0.3) is 11.1 Å². The minimum Gasteiger partial charge on any atom is -0.442 e. The van der Waals surface area contributed by atoms with Gasteiger partial charge in [0.25, 0.3) is 5.91 Å². The van der Waals surface area contributed by atoms with Gasteiger partial charge < -0.3 is 15.1 Å². The Morgan fingerprint density at radius 1 is 1.37 bits per heavy atom. The van der Waals surface area contributed by atoms with Crippen molar-refractivity contribution in [1.29, 1.82) is 0 Å². The molecular weight excluding hydrogens is 371 g/mol. The highest BCUT2D eigenvalue weighted by Crippen LogP contribution is 2.40. The summed E-state index contributed by atoms with van der Waals surface area (Å²) in [6.07, 6.45) is 3.47. The number of carbonyl (C=O) groups is 1. The molecule has 2 aromatic heterocycles. The van der Waals surface area contributed by atoms with Gasteiger partial charge in [-0.1, -0.05) is 23.7 Å². The molecule has 1 saturated carbocycles. The number of halogens is 2. The van der Waals surface area contributed by atoms with E-state index in [-0.39, 0.29) is 23.0 Å². The highest BCUT2D eigenvalue weighted by Gasteiger charge is 2.38. The van der Waals surface area contributed by atoms with Gasteiger partial charge in [0.2, 0.25) is 5.71 Å². The van der Waals surface area contributed by atoms with Crippen LogP contribution < -0.4 is 10.6 Å². The summed E-state index contributed by atoms with van der Waals surface area (Å²) in [7, 11) is 0. The molecule has 0 aliphatic heterocycles. The predicted molar refractivity (Wildman–Crippen MR) is 100 cm³/mol. The van der Waals surface area contributed by atoms with Crippen LogP contribution in [0.15, 0.2) is 28.9 Å². The summed E-state index contributed by atoms with van der Waals surface area (Å²) in [4.78, 5) is 21.3. The molecule has 140 valence electrons. The van der Waals surface area contributed by atoms with Crippen molar-refractivity contribution in [2.24, 2.45) is 0 Å². The lowest BCUT2D eigenvalue weighted by molar-refractivity contribution is 0.0950.